The number of nitrogens with one attached hydrogen (secondary N) is 2. The smallest absolute Gasteiger partial charge is 0.271 e. The first-order valence-corrected chi connectivity index (χ1v) is 5.57. The normalized spacial score (nSPS) is 17.5. The van der Waals surface area contributed by atoms with Crippen LogP contribution in [0.5, 0.6) is 0 Å². The van der Waals surface area contributed by atoms with Gasteiger partial charge in [0.2, 0.25) is 0 Å². The standard InChI is InChI=1S/C11H17N3O/c1-3-7(2)12-11(15)10-6-9(13-14-10)8-4-5-8/h6-8H,3-5H2,1-2H3,(H,12,15)(H,13,14). The Labute approximate surface area is 89.5 Å². The van der Waals surface area contributed by atoms with E-state index in [4.69, 9.17) is 0 Å². The van der Waals surface area contributed by atoms with Crippen molar-refractivity contribution >= 4 is 5.91 Å². The molecule has 1 amide bonds. The molecule has 4 heteroatoms. The maximum Gasteiger partial charge on any atom is 0.271 e. The van der Waals surface area contributed by atoms with E-state index < -0.39 is 0 Å². The summed E-state index contributed by atoms with van der Waals surface area (Å²) in [6.07, 6.45) is 3.37. The number of carbonyl (C=O) groups excluding carboxylic acids is 1. The van der Waals surface area contributed by atoms with E-state index in [1.54, 1.807) is 0 Å². The molecule has 1 atom stereocenters. The van der Waals surface area contributed by atoms with E-state index >= 15 is 0 Å². The quantitative estimate of drug-likeness (QED) is 0.791. The fourth-order valence-corrected chi connectivity index (χ4v) is 1.46. The number of carbonyl (C=O) groups is 1. The number of hydrogen-bond acceptors (Lipinski definition) is 2. The van der Waals surface area contributed by atoms with E-state index in [9.17, 15) is 4.79 Å². The highest BCUT2D eigenvalue weighted by Gasteiger charge is 2.26. The monoisotopic (exact) mass is 207 g/mol. The van der Waals surface area contributed by atoms with Crippen LogP contribution in [-0.4, -0.2) is 22.1 Å². The molecule has 0 spiro atoms. The lowest BCUT2D eigenvalue weighted by Gasteiger charge is -2.08. The van der Waals surface area contributed by atoms with Crippen LogP contribution in [0.25, 0.3) is 0 Å². The van der Waals surface area contributed by atoms with Crippen LogP contribution >= 0.6 is 0 Å². The minimum absolute atomic E-state index is 0.0764. The van der Waals surface area contributed by atoms with E-state index in [1.807, 2.05) is 19.9 Å². The van der Waals surface area contributed by atoms with Crippen LogP contribution in [0.3, 0.4) is 0 Å². The molecule has 1 aliphatic rings. The molecule has 0 bridgehead atoms. The maximum absolute atomic E-state index is 11.7. The van der Waals surface area contributed by atoms with E-state index in [0.29, 0.717) is 11.6 Å². The van der Waals surface area contributed by atoms with Gasteiger partial charge in [0.1, 0.15) is 5.69 Å². The van der Waals surface area contributed by atoms with Crippen molar-refractivity contribution < 1.29 is 4.79 Å². The molecule has 15 heavy (non-hydrogen) atoms. The van der Waals surface area contributed by atoms with Gasteiger partial charge in [-0.25, -0.2) is 0 Å². The van der Waals surface area contributed by atoms with Gasteiger partial charge >= 0.3 is 0 Å². The summed E-state index contributed by atoms with van der Waals surface area (Å²) < 4.78 is 0. The van der Waals surface area contributed by atoms with Crippen molar-refractivity contribution in [1.29, 1.82) is 0 Å². The van der Waals surface area contributed by atoms with Gasteiger partial charge in [0.25, 0.3) is 5.91 Å². The second kappa shape index (κ2) is 4.04. The molecule has 1 aromatic heterocycles. The highest BCUT2D eigenvalue weighted by Crippen LogP contribution is 2.38. The number of rotatable bonds is 4. The van der Waals surface area contributed by atoms with Crippen molar-refractivity contribution in [1.82, 2.24) is 15.5 Å². The molecule has 0 radical (unpaired) electrons. The van der Waals surface area contributed by atoms with Crippen LogP contribution < -0.4 is 5.32 Å². The fraction of sp³-hybridized carbons (Fsp3) is 0.636. The van der Waals surface area contributed by atoms with Crippen LogP contribution in [0.1, 0.15) is 55.2 Å². The van der Waals surface area contributed by atoms with Gasteiger partial charge in [-0.05, 0) is 32.3 Å². The van der Waals surface area contributed by atoms with Gasteiger partial charge in [-0.1, -0.05) is 6.92 Å². The summed E-state index contributed by atoms with van der Waals surface area (Å²) in [5.41, 5.74) is 1.61. The largest absolute Gasteiger partial charge is 0.348 e. The molecular formula is C11H17N3O. The number of aromatic amines is 1. The summed E-state index contributed by atoms with van der Waals surface area (Å²) in [6, 6.07) is 2.08. The summed E-state index contributed by atoms with van der Waals surface area (Å²) in [4.78, 5) is 11.7. The van der Waals surface area contributed by atoms with Crippen LogP contribution in [0.4, 0.5) is 0 Å². The predicted molar refractivity (Wildman–Crippen MR) is 57.8 cm³/mol. The summed E-state index contributed by atoms with van der Waals surface area (Å²) >= 11 is 0. The third-order valence-electron chi connectivity index (χ3n) is 2.84. The Morgan fingerprint density at radius 1 is 1.73 bits per heavy atom. The molecule has 82 valence electrons. The Hall–Kier alpha value is -1.32. The van der Waals surface area contributed by atoms with Crippen molar-refractivity contribution in [3.63, 3.8) is 0 Å². The average molecular weight is 207 g/mol. The molecule has 1 unspecified atom stereocenters. The zero-order chi connectivity index (χ0) is 10.8. The first kappa shape index (κ1) is 10.2. The molecule has 2 N–H and O–H groups in total. The van der Waals surface area contributed by atoms with Crippen molar-refractivity contribution in [3.8, 4) is 0 Å². The van der Waals surface area contributed by atoms with Crippen LogP contribution in [0.15, 0.2) is 6.07 Å². The molecule has 0 aliphatic heterocycles. The minimum Gasteiger partial charge on any atom is -0.348 e. The molecule has 4 nitrogen and oxygen atoms in total. The first-order chi connectivity index (χ1) is 7.20. The van der Waals surface area contributed by atoms with Gasteiger partial charge < -0.3 is 5.32 Å². The van der Waals surface area contributed by atoms with E-state index in [0.717, 1.165) is 12.1 Å². The second-order valence-corrected chi connectivity index (χ2v) is 4.27. The van der Waals surface area contributed by atoms with Crippen LogP contribution in [0.2, 0.25) is 0 Å². The van der Waals surface area contributed by atoms with Crippen molar-refractivity contribution in [2.24, 2.45) is 0 Å². The zero-order valence-corrected chi connectivity index (χ0v) is 9.21. The van der Waals surface area contributed by atoms with Crippen molar-refractivity contribution in [2.45, 2.75) is 45.1 Å². The number of amides is 1. The number of nitrogens with zero attached hydrogens (tertiary/aromatic N) is 1. The Morgan fingerprint density at radius 2 is 2.47 bits per heavy atom. The molecule has 1 heterocycles. The van der Waals surface area contributed by atoms with Crippen molar-refractivity contribution in [3.05, 3.63) is 17.5 Å². The van der Waals surface area contributed by atoms with E-state index in [-0.39, 0.29) is 11.9 Å². The predicted octanol–water partition coefficient (Wildman–Crippen LogP) is 1.82. The Morgan fingerprint density at radius 3 is 3.07 bits per heavy atom. The molecule has 2 rings (SSSR count). The van der Waals surface area contributed by atoms with Gasteiger partial charge in [-0.3, -0.25) is 9.89 Å². The third kappa shape index (κ3) is 2.37. The highest BCUT2D eigenvalue weighted by atomic mass is 16.2. The third-order valence-corrected chi connectivity index (χ3v) is 2.84. The van der Waals surface area contributed by atoms with Gasteiger partial charge in [0.15, 0.2) is 0 Å². The Balaban J connectivity index is 1.98. The summed E-state index contributed by atoms with van der Waals surface area (Å²) in [6.45, 7) is 4.04. The summed E-state index contributed by atoms with van der Waals surface area (Å²) in [7, 11) is 0. The van der Waals surface area contributed by atoms with E-state index in [1.165, 1.54) is 12.8 Å². The first-order valence-electron chi connectivity index (χ1n) is 5.57. The van der Waals surface area contributed by atoms with Gasteiger partial charge in [0, 0.05) is 17.7 Å². The van der Waals surface area contributed by atoms with E-state index in [2.05, 4.69) is 15.5 Å². The average Bonchev–Trinajstić information content (AvgIpc) is 2.96. The van der Waals surface area contributed by atoms with Gasteiger partial charge in [0.05, 0.1) is 0 Å². The lowest BCUT2D eigenvalue weighted by Crippen LogP contribution is -2.32. The molecular weight excluding hydrogens is 190 g/mol. The number of H-pyrrole nitrogens is 1. The molecule has 1 aromatic rings. The molecule has 0 aromatic carbocycles. The Kier molecular flexibility index (Phi) is 2.75. The van der Waals surface area contributed by atoms with Crippen LogP contribution in [-0.2, 0) is 0 Å². The molecule has 0 saturated heterocycles. The zero-order valence-electron chi connectivity index (χ0n) is 9.21. The van der Waals surface area contributed by atoms with Gasteiger partial charge in [-0.15, -0.1) is 0 Å². The van der Waals surface area contributed by atoms with Crippen molar-refractivity contribution in [2.75, 3.05) is 0 Å². The lowest BCUT2D eigenvalue weighted by atomic mass is 10.2. The minimum atomic E-state index is -0.0764. The molecule has 1 aliphatic carbocycles. The second-order valence-electron chi connectivity index (χ2n) is 4.27. The molecule has 1 fully saturated rings. The number of aromatic nitrogens is 2. The highest BCUT2D eigenvalue weighted by molar-refractivity contribution is 5.92. The SMILES string of the molecule is CCC(C)NC(=O)c1cc(C2CC2)[nH]n1. The number of hydrogen-bond donors (Lipinski definition) is 2. The molecule has 1 saturated carbocycles. The maximum atomic E-state index is 11.7. The van der Waals surface area contributed by atoms with Gasteiger partial charge in [-0.2, -0.15) is 5.10 Å². The Bertz CT molecular complexity index is 354. The summed E-state index contributed by atoms with van der Waals surface area (Å²) in [5.74, 6) is 0.537. The fourth-order valence-electron chi connectivity index (χ4n) is 1.46. The topological polar surface area (TPSA) is 57.8 Å². The van der Waals surface area contributed by atoms with Crippen LogP contribution in [0, 0.1) is 0 Å². The lowest BCUT2D eigenvalue weighted by molar-refractivity contribution is 0.0934. The summed E-state index contributed by atoms with van der Waals surface area (Å²) in [5, 5.41) is 9.85.